The molecule has 8 nitrogen and oxygen atoms in total. The molecule has 1 fully saturated rings. The van der Waals surface area contributed by atoms with Crippen molar-refractivity contribution in [2.45, 2.75) is 0 Å². The zero-order chi connectivity index (χ0) is 22.5. The summed E-state index contributed by atoms with van der Waals surface area (Å²) in [5, 5.41) is 2.90. The van der Waals surface area contributed by atoms with Gasteiger partial charge in [0, 0.05) is 50.3 Å². The monoisotopic (exact) mass is 439 g/mol. The van der Waals surface area contributed by atoms with Crippen molar-refractivity contribution in [3.05, 3.63) is 60.7 Å². The molecule has 1 N–H and O–H groups in total. The Kier molecular flexibility index (Phi) is 6.55. The standard InChI is InChI=1S/C23H26FN5O3/c1-31-20-8-7-17(15-21(20)32-2)26-22(30)16-27-11-13-28(14-12-27)23-25-9-10-29(23)19-6-4-3-5-18(19)24/h3-10,15H,11-14,16H2,1-2H3,(H,26,30). The number of benzene rings is 2. The highest BCUT2D eigenvalue weighted by molar-refractivity contribution is 5.92. The van der Waals surface area contributed by atoms with Crippen LogP contribution in [0, 0.1) is 5.82 Å². The van der Waals surface area contributed by atoms with Gasteiger partial charge in [-0.1, -0.05) is 12.1 Å². The molecule has 168 valence electrons. The first-order chi connectivity index (χ1) is 15.6. The molecule has 2 aromatic carbocycles. The van der Waals surface area contributed by atoms with Crippen molar-refractivity contribution in [3.63, 3.8) is 0 Å². The van der Waals surface area contributed by atoms with Gasteiger partial charge in [0.15, 0.2) is 11.5 Å². The number of piperazine rings is 1. The maximum absolute atomic E-state index is 14.2. The van der Waals surface area contributed by atoms with Crippen molar-refractivity contribution >= 4 is 17.5 Å². The Balaban J connectivity index is 1.34. The van der Waals surface area contributed by atoms with Crippen molar-refractivity contribution in [2.75, 3.05) is 57.2 Å². The molecule has 4 rings (SSSR count). The van der Waals surface area contributed by atoms with E-state index in [0.29, 0.717) is 55.0 Å². The van der Waals surface area contributed by atoms with Gasteiger partial charge < -0.3 is 19.7 Å². The molecule has 1 aliphatic rings. The molecule has 3 aromatic rings. The Labute approximate surface area is 186 Å². The van der Waals surface area contributed by atoms with Crippen LogP contribution in [0.2, 0.25) is 0 Å². The largest absolute Gasteiger partial charge is 0.493 e. The molecular formula is C23H26FN5O3. The van der Waals surface area contributed by atoms with Crippen molar-refractivity contribution in [2.24, 2.45) is 0 Å². The Morgan fingerprint density at radius 3 is 2.53 bits per heavy atom. The van der Waals surface area contributed by atoms with Crippen LogP contribution >= 0.6 is 0 Å². The van der Waals surface area contributed by atoms with E-state index in [1.165, 1.54) is 6.07 Å². The lowest BCUT2D eigenvalue weighted by molar-refractivity contribution is -0.117. The zero-order valence-electron chi connectivity index (χ0n) is 18.1. The fraction of sp³-hybridized carbons (Fsp3) is 0.304. The van der Waals surface area contributed by atoms with Gasteiger partial charge in [0.05, 0.1) is 26.5 Å². The van der Waals surface area contributed by atoms with Gasteiger partial charge in [-0.2, -0.15) is 0 Å². The summed E-state index contributed by atoms with van der Waals surface area (Å²) >= 11 is 0. The predicted molar refractivity (Wildman–Crippen MR) is 120 cm³/mol. The van der Waals surface area contributed by atoms with Gasteiger partial charge in [0.2, 0.25) is 11.9 Å². The van der Waals surface area contributed by atoms with Crippen LogP contribution in [0.5, 0.6) is 11.5 Å². The quantitative estimate of drug-likeness (QED) is 0.611. The second kappa shape index (κ2) is 9.69. The third-order valence-corrected chi connectivity index (χ3v) is 5.42. The van der Waals surface area contributed by atoms with Crippen LogP contribution in [0.1, 0.15) is 0 Å². The molecule has 0 spiro atoms. The molecule has 0 saturated carbocycles. The van der Waals surface area contributed by atoms with Crippen LogP contribution in [-0.2, 0) is 4.79 Å². The van der Waals surface area contributed by atoms with E-state index in [0.717, 1.165) is 0 Å². The summed E-state index contributed by atoms with van der Waals surface area (Å²) in [6.07, 6.45) is 3.43. The highest BCUT2D eigenvalue weighted by Crippen LogP contribution is 2.29. The molecule has 9 heteroatoms. The molecule has 32 heavy (non-hydrogen) atoms. The SMILES string of the molecule is COc1ccc(NC(=O)CN2CCN(c3nccn3-c3ccccc3F)CC2)cc1OC. The number of hydrogen-bond donors (Lipinski definition) is 1. The Hall–Kier alpha value is -3.59. The average Bonchev–Trinajstić information content (AvgIpc) is 3.29. The van der Waals surface area contributed by atoms with Crippen molar-refractivity contribution in [1.82, 2.24) is 14.5 Å². The fourth-order valence-corrected chi connectivity index (χ4v) is 3.79. The number of halogens is 1. The van der Waals surface area contributed by atoms with Crippen LogP contribution < -0.4 is 19.7 Å². The first-order valence-electron chi connectivity index (χ1n) is 10.4. The second-order valence-corrected chi connectivity index (χ2v) is 7.43. The van der Waals surface area contributed by atoms with E-state index in [9.17, 15) is 9.18 Å². The zero-order valence-corrected chi connectivity index (χ0v) is 18.1. The number of ether oxygens (including phenoxy) is 2. The van der Waals surface area contributed by atoms with Gasteiger partial charge in [0.1, 0.15) is 5.82 Å². The van der Waals surface area contributed by atoms with Crippen LogP contribution in [-0.4, -0.2) is 67.3 Å². The highest BCUT2D eigenvalue weighted by Gasteiger charge is 2.23. The number of anilines is 2. The minimum Gasteiger partial charge on any atom is -0.493 e. The van der Waals surface area contributed by atoms with Crippen LogP contribution in [0.25, 0.3) is 5.69 Å². The maximum Gasteiger partial charge on any atom is 0.238 e. The molecule has 0 aliphatic carbocycles. The lowest BCUT2D eigenvalue weighted by Crippen LogP contribution is -2.49. The summed E-state index contributed by atoms with van der Waals surface area (Å²) in [6, 6.07) is 11.9. The van der Waals surface area contributed by atoms with E-state index in [2.05, 4.69) is 20.1 Å². The number of aromatic nitrogens is 2. The van der Waals surface area contributed by atoms with Gasteiger partial charge in [-0.25, -0.2) is 9.37 Å². The van der Waals surface area contributed by atoms with Crippen molar-refractivity contribution in [1.29, 1.82) is 0 Å². The number of para-hydroxylation sites is 1. The Morgan fingerprint density at radius 2 is 1.81 bits per heavy atom. The first kappa shape index (κ1) is 21.6. The molecule has 0 radical (unpaired) electrons. The van der Waals surface area contributed by atoms with Gasteiger partial charge in [-0.3, -0.25) is 14.3 Å². The Bertz CT molecular complexity index is 1080. The summed E-state index contributed by atoms with van der Waals surface area (Å²) in [5.74, 6) is 1.47. The second-order valence-electron chi connectivity index (χ2n) is 7.43. The van der Waals surface area contributed by atoms with Crippen molar-refractivity contribution in [3.8, 4) is 17.2 Å². The third kappa shape index (κ3) is 4.67. The molecule has 1 amide bonds. The lowest BCUT2D eigenvalue weighted by Gasteiger charge is -2.35. The van der Waals surface area contributed by atoms with Crippen molar-refractivity contribution < 1.29 is 18.7 Å². The smallest absolute Gasteiger partial charge is 0.238 e. The molecule has 0 atom stereocenters. The summed E-state index contributed by atoms with van der Waals surface area (Å²) < 4.78 is 26.5. The van der Waals surface area contributed by atoms with E-state index >= 15 is 0 Å². The molecule has 1 aliphatic heterocycles. The number of carbonyl (C=O) groups is 1. The number of methoxy groups -OCH3 is 2. The summed E-state index contributed by atoms with van der Waals surface area (Å²) in [7, 11) is 3.12. The van der Waals surface area contributed by atoms with E-state index in [-0.39, 0.29) is 18.3 Å². The first-order valence-corrected chi connectivity index (χ1v) is 10.4. The minimum atomic E-state index is -0.294. The number of amides is 1. The van der Waals surface area contributed by atoms with Crippen LogP contribution in [0.3, 0.4) is 0 Å². The molecule has 1 saturated heterocycles. The topological polar surface area (TPSA) is 71.9 Å². The number of rotatable bonds is 7. The number of carbonyl (C=O) groups excluding carboxylic acids is 1. The van der Waals surface area contributed by atoms with Gasteiger partial charge in [-0.05, 0) is 24.3 Å². The van der Waals surface area contributed by atoms with E-state index in [4.69, 9.17) is 9.47 Å². The predicted octanol–water partition coefficient (Wildman–Crippen LogP) is 2.79. The van der Waals surface area contributed by atoms with E-state index in [1.807, 2.05) is 0 Å². The number of nitrogens with zero attached hydrogens (tertiary/aromatic N) is 4. The number of hydrogen-bond acceptors (Lipinski definition) is 6. The van der Waals surface area contributed by atoms with Crippen LogP contribution in [0.15, 0.2) is 54.9 Å². The maximum atomic E-state index is 14.2. The van der Waals surface area contributed by atoms with Gasteiger partial charge in [-0.15, -0.1) is 0 Å². The van der Waals surface area contributed by atoms with Gasteiger partial charge in [0.25, 0.3) is 0 Å². The van der Waals surface area contributed by atoms with Gasteiger partial charge >= 0.3 is 0 Å². The number of nitrogens with one attached hydrogen (secondary N) is 1. The molecule has 1 aromatic heterocycles. The van der Waals surface area contributed by atoms with Crippen LogP contribution in [0.4, 0.5) is 16.0 Å². The average molecular weight is 439 g/mol. The third-order valence-electron chi connectivity index (χ3n) is 5.42. The lowest BCUT2D eigenvalue weighted by atomic mass is 10.2. The summed E-state index contributed by atoms with van der Waals surface area (Å²) in [4.78, 5) is 21.1. The van der Waals surface area contributed by atoms with E-state index in [1.54, 1.807) is 67.6 Å². The minimum absolute atomic E-state index is 0.0986. The van der Waals surface area contributed by atoms with E-state index < -0.39 is 0 Å². The number of imidazole rings is 1. The fourth-order valence-electron chi connectivity index (χ4n) is 3.79. The molecule has 0 unspecified atom stereocenters. The molecular weight excluding hydrogens is 413 g/mol. The molecule has 2 heterocycles. The normalized spacial score (nSPS) is 14.3. The summed E-state index contributed by atoms with van der Waals surface area (Å²) in [5.41, 5.74) is 1.12. The highest BCUT2D eigenvalue weighted by atomic mass is 19.1. The Morgan fingerprint density at radius 1 is 1.06 bits per heavy atom. The molecule has 0 bridgehead atoms. The summed E-state index contributed by atoms with van der Waals surface area (Å²) in [6.45, 7) is 3.06.